The average Bonchev–Trinajstić information content (AvgIpc) is 3.09. The molecule has 1 saturated carbocycles. The quantitative estimate of drug-likeness (QED) is 0.0874. The van der Waals surface area contributed by atoms with E-state index in [9.17, 15) is 49.1 Å². The first-order valence-electron chi connectivity index (χ1n) is 17.6. The van der Waals surface area contributed by atoms with Crippen molar-refractivity contribution in [2.24, 2.45) is 17.8 Å². The molecule has 0 aliphatic heterocycles. The number of ether oxygens (including phenoxy) is 3. The molecule has 2 unspecified atom stereocenters. The SMILES string of the molecule is BCc1cc(CB)c(OC(=O)C2CC(C(=O)Oc3c(CB)cc(CB)cc3CB)CC(C(=O)OC(CS(=O)(=O)O)(C(F)(F)F)C(F)(F)F)C2)c(CB)c1. The molecule has 2 aromatic rings. The zero-order valence-corrected chi connectivity index (χ0v) is 31.3. The fourth-order valence-corrected chi connectivity index (χ4v) is 7.52. The van der Waals surface area contributed by atoms with Crippen LogP contribution in [0.15, 0.2) is 24.3 Å². The van der Waals surface area contributed by atoms with Gasteiger partial charge in [0.1, 0.15) is 64.3 Å². The van der Waals surface area contributed by atoms with Gasteiger partial charge in [-0.3, -0.25) is 18.9 Å². The van der Waals surface area contributed by atoms with E-state index in [-0.39, 0.29) is 17.9 Å². The molecule has 0 radical (unpaired) electrons. The Morgan fingerprint density at radius 1 is 0.604 bits per heavy atom. The van der Waals surface area contributed by atoms with E-state index < -0.39 is 82.3 Å². The van der Waals surface area contributed by atoms with Crippen molar-refractivity contribution in [2.75, 3.05) is 5.75 Å². The highest BCUT2D eigenvalue weighted by atomic mass is 32.2. The number of hydrogen-bond donors (Lipinski definition) is 1. The Balaban J connectivity index is 2.10. The minimum Gasteiger partial charge on any atom is -0.438 e. The van der Waals surface area contributed by atoms with Crippen LogP contribution in [0.25, 0.3) is 0 Å². The summed E-state index contributed by atoms with van der Waals surface area (Å²) in [6.45, 7) is 0. The van der Waals surface area contributed by atoms with E-state index in [1.807, 2.05) is 71.3 Å². The van der Waals surface area contributed by atoms with Gasteiger partial charge < -0.3 is 14.2 Å². The van der Waals surface area contributed by atoms with Crippen LogP contribution in [-0.2, 0) is 67.2 Å². The molecular formula is C31H40B6F6O9S. The maximum Gasteiger partial charge on any atom is 0.438 e. The van der Waals surface area contributed by atoms with E-state index in [1.165, 1.54) is 0 Å². The summed E-state index contributed by atoms with van der Waals surface area (Å²) in [6.07, 6.45) is -11.7. The molecule has 9 nitrogen and oxygen atoms in total. The number of benzene rings is 2. The lowest BCUT2D eigenvalue weighted by molar-refractivity contribution is -0.362. The molecule has 22 heteroatoms. The lowest BCUT2D eigenvalue weighted by atomic mass is 9.75. The van der Waals surface area contributed by atoms with Crippen molar-refractivity contribution in [1.82, 2.24) is 0 Å². The van der Waals surface area contributed by atoms with Crippen LogP contribution in [0.1, 0.15) is 52.6 Å². The molecule has 0 aromatic heterocycles. The molecular weight excluding hydrogens is 727 g/mol. The van der Waals surface area contributed by atoms with Crippen LogP contribution in [0.5, 0.6) is 11.5 Å². The first kappa shape index (κ1) is 44.1. The maximum absolute atomic E-state index is 14.1. The van der Waals surface area contributed by atoms with Crippen molar-refractivity contribution in [3.05, 3.63) is 57.6 Å². The molecule has 2 atom stereocenters. The Hall–Kier alpha value is -3.27. The maximum atomic E-state index is 14.1. The Kier molecular flexibility index (Phi) is 14.5. The van der Waals surface area contributed by atoms with Crippen LogP contribution in [-0.4, -0.2) is 102 Å². The smallest absolute Gasteiger partial charge is 0.438 e. The summed E-state index contributed by atoms with van der Waals surface area (Å²) in [5, 5.41) is 0. The van der Waals surface area contributed by atoms with Gasteiger partial charge in [0, 0.05) is 0 Å². The normalized spacial score (nSPS) is 18.3. The number of alkyl halides is 6. The van der Waals surface area contributed by atoms with Crippen LogP contribution in [0.2, 0.25) is 0 Å². The summed E-state index contributed by atoms with van der Waals surface area (Å²) in [6, 6.07) is 7.36. The summed E-state index contributed by atoms with van der Waals surface area (Å²) in [5.74, 6) is -11.6. The molecule has 0 heterocycles. The van der Waals surface area contributed by atoms with E-state index in [2.05, 4.69) is 4.74 Å². The number of halogens is 6. The minimum atomic E-state index is -6.56. The Bertz CT molecular complexity index is 1640. The second kappa shape index (κ2) is 17.5. The molecule has 0 spiro atoms. The number of carbonyl (C=O) groups is 3. The Morgan fingerprint density at radius 2 is 0.906 bits per heavy atom. The van der Waals surface area contributed by atoms with Gasteiger partial charge in [0.05, 0.1) is 17.8 Å². The lowest BCUT2D eigenvalue weighted by Gasteiger charge is -2.38. The second-order valence-corrected chi connectivity index (χ2v) is 14.7. The minimum absolute atomic E-state index is 0.221. The second-order valence-electron chi connectivity index (χ2n) is 13.2. The van der Waals surface area contributed by atoms with Gasteiger partial charge in [0.2, 0.25) is 0 Å². The standard InChI is InChI=1S/C31H40B6F6O9S/c32-8-15-1-20(10-34)24(21(2-15)11-35)50-26(44)17-5-18(27(45)51-25-22(12-36)3-16(9-33)4-23(25)13-37)7-19(6-17)28(46)52-29(30(38,39)40,31(41,42)43)14-53(47,48)49/h1-4,17-19H,5-14,32-37H2,(H,47,48,49). The zero-order valence-electron chi connectivity index (χ0n) is 30.5. The first-order chi connectivity index (χ1) is 24.6. The fraction of sp³-hybridized carbons (Fsp3) is 0.516. The summed E-state index contributed by atoms with van der Waals surface area (Å²) in [7, 11) is 5.14. The number of rotatable bonds is 14. The highest BCUT2D eigenvalue weighted by molar-refractivity contribution is 7.85. The largest absolute Gasteiger partial charge is 0.438 e. The summed E-state index contributed by atoms with van der Waals surface area (Å²) < 4.78 is 132. The third kappa shape index (κ3) is 10.3. The van der Waals surface area contributed by atoms with Crippen molar-refractivity contribution < 1.29 is 67.9 Å². The van der Waals surface area contributed by atoms with E-state index in [0.717, 1.165) is 11.1 Å². The van der Waals surface area contributed by atoms with E-state index in [0.29, 0.717) is 60.2 Å². The fourth-order valence-electron chi connectivity index (χ4n) is 6.62. The molecule has 3 rings (SSSR count). The van der Waals surface area contributed by atoms with E-state index >= 15 is 0 Å². The topological polar surface area (TPSA) is 133 Å². The molecule has 284 valence electrons. The van der Waals surface area contributed by atoms with Crippen LogP contribution in [0.4, 0.5) is 26.3 Å². The first-order valence-corrected chi connectivity index (χ1v) is 19.2. The summed E-state index contributed by atoms with van der Waals surface area (Å²) in [4.78, 5) is 41.0. The van der Waals surface area contributed by atoms with Crippen molar-refractivity contribution >= 4 is 75.1 Å². The van der Waals surface area contributed by atoms with Gasteiger partial charge in [0.15, 0.2) is 0 Å². The highest BCUT2D eigenvalue weighted by Gasteiger charge is 2.76. The van der Waals surface area contributed by atoms with Crippen LogP contribution >= 0.6 is 0 Å². The predicted molar refractivity (Wildman–Crippen MR) is 199 cm³/mol. The highest BCUT2D eigenvalue weighted by Crippen LogP contribution is 2.48. The monoisotopic (exact) mass is 768 g/mol. The summed E-state index contributed by atoms with van der Waals surface area (Å²) >= 11 is 0. The van der Waals surface area contributed by atoms with Crippen molar-refractivity contribution in [3.63, 3.8) is 0 Å². The number of carbonyl (C=O) groups excluding carboxylic acids is 3. The van der Waals surface area contributed by atoms with E-state index in [4.69, 9.17) is 14.0 Å². The third-order valence-electron chi connectivity index (χ3n) is 9.63. The Labute approximate surface area is 310 Å². The molecule has 1 N–H and O–H groups in total. The number of esters is 3. The predicted octanol–water partition coefficient (Wildman–Crippen LogP) is -0.677. The van der Waals surface area contributed by atoms with Crippen molar-refractivity contribution in [3.8, 4) is 11.5 Å². The Morgan fingerprint density at radius 3 is 1.15 bits per heavy atom. The molecule has 0 amide bonds. The molecule has 1 aliphatic carbocycles. The van der Waals surface area contributed by atoms with Crippen LogP contribution < -0.4 is 9.47 Å². The molecule has 0 saturated heterocycles. The van der Waals surface area contributed by atoms with Crippen molar-refractivity contribution in [2.45, 2.75) is 75.1 Å². The average molecular weight is 768 g/mol. The van der Waals surface area contributed by atoms with Crippen molar-refractivity contribution in [1.29, 1.82) is 0 Å². The van der Waals surface area contributed by atoms with E-state index in [1.54, 1.807) is 0 Å². The molecule has 1 aliphatic rings. The van der Waals surface area contributed by atoms with Gasteiger partial charge >= 0.3 is 35.9 Å². The molecule has 0 bridgehead atoms. The van der Waals surface area contributed by atoms with Gasteiger partial charge in [0.25, 0.3) is 10.1 Å². The third-order valence-corrected chi connectivity index (χ3v) is 10.4. The van der Waals surface area contributed by atoms with Gasteiger partial charge in [-0.05, 0) is 41.5 Å². The summed E-state index contributed by atoms with van der Waals surface area (Å²) in [5.41, 5.74) is -1.07. The lowest BCUT2D eigenvalue weighted by Crippen LogP contribution is -2.64. The van der Waals surface area contributed by atoms with Gasteiger partial charge in [-0.2, -0.15) is 34.8 Å². The van der Waals surface area contributed by atoms with Crippen LogP contribution in [0.3, 0.4) is 0 Å². The molecule has 2 aromatic carbocycles. The van der Waals surface area contributed by atoms with Gasteiger partial charge in [-0.1, -0.05) is 73.3 Å². The molecule has 1 fully saturated rings. The zero-order chi connectivity index (χ0) is 40.1. The van der Waals surface area contributed by atoms with Crippen LogP contribution in [0, 0.1) is 17.8 Å². The van der Waals surface area contributed by atoms with Gasteiger partial charge in [-0.25, -0.2) is 0 Å². The van der Waals surface area contributed by atoms with Gasteiger partial charge in [-0.15, -0.1) is 0 Å². The molecule has 53 heavy (non-hydrogen) atoms. The number of hydrogen-bond acceptors (Lipinski definition) is 8.